The largest absolute Gasteiger partial charge is 0.449 e. The second kappa shape index (κ2) is 3.02. The summed E-state index contributed by atoms with van der Waals surface area (Å²) in [6.07, 6.45) is 0. The quantitative estimate of drug-likeness (QED) is 0.707. The van der Waals surface area contributed by atoms with Crippen LogP contribution >= 0.6 is 0 Å². The molecule has 0 saturated carbocycles. The molecule has 4 nitrogen and oxygen atoms in total. The molecule has 2 N–H and O–H groups in total. The van der Waals surface area contributed by atoms with Crippen LogP contribution in [-0.2, 0) is 4.94 Å². The van der Waals surface area contributed by atoms with E-state index in [1.54, 1.807) is 18.2 Å². The maximum absolute atomic E-state index is 11.5. The second-order valence-corrected chi connectivity index (χ2v) is 2.77. The average molecular weight is 195 g/mol. The molecule has 5 heteroatoms. The first-order valence-electron chi connectivity index (χ1n) is 3.82. The van der Waals surface area contributed by atoms with E-state index in [1.165, 1.54) is 6.07 Å². The molecule has 0 aliphatic heterocycles. The van der Waals surface area contributed by atoms with Crippen LogP contribution in [0.2, 0.25) is 0 Å². The van der Waals surface area contributed by atoms with Crippen molar-refractivity contribution in [3.8, 4) is 0 Å². The van der Waals surface area contributed by atoms with E-state index in [0.29, 0.717) is 16.7 Å². The van der Waals surface area contributed by atoms with Gasteiger partial charge in [0.25, 0.3) is 0 Å². The molecule has 1 aromatic heterocycles. The first kappa shape index (κ1) is 8.55. The molecule has 0 unspecified atom stereocenters. The fourth-order valence-electron chi connectivity index (χ4n) is 1.20. The summed E-state index contributed by atoms with van der Waals surface area (Å²) in [4.78, 5) is 13.8. The molecule has 0 aliphatic rings. The maximum Gasteiger partial charge on any atom is 0.414 e. The van der Waals surface area contributed by atoms with E-state index >= 15 is 0 Å². The van der Waals surface area contributed by atoms with E-state index in [0.717, 1.165) is 0 Å². The number of halogens is 1. The van der Waals surface area contributed by atoms with Crippen LogP contribution in [0.4, 0.5) is 10.2 Å². The first-order chi connectivity index (χ1) is 6.70. The van der Waals surface area contributed by atoms with Crippen molar-refractivity contribution in [1.82, 2.24) is 0 Å². The van der Waals surface area contributed by atoms with E-state index < -0.39 is 5.97 Å². The average Bonchev–Trinajstić information content (AvgIpc) is 2.59. The van der Waals surface area contributed by atoms with Crippen molar-refractivity contribution in [2.75, 3.05) is 5.73 Å². The Labute approximate surface area is 78.0 Å². The number of hydrogen-bond acceptors (Lipinski definition) is 4. The zero-order chi connectivity index (χ0) is 10.1. The van der Waals surface area contributed by atoms with Gasteiger partial charge >= 0.3 is 5.97 Å². The van der Waals surface area contributed by atoms with Crippen LogP contribution in [0.3, 0.4) is 0 Å². The summed E-state index contributed by atoms with van der Waals surface area (Å²) in [5, 5.41) is 0.630. The highest BCUT2D eigenvalue weighted by Crippen LogP contribution is 2.22. The molecular formula is C9H6FNO3. The van der Waals surface area contributed by atoms with Crippen molar-refractivity contribution < 1.29 is 18.7 Å². The van der Waals surface area contributed by atoms with Crippen molar-refractivity contribution in [3.05, 3.63) is 30.0 Å². The minimum atomic E-state index is -1.15. The molecule has 2 aromatic rings. The van der Waals surface area contributed by atoms with Crippen molar-refractivity contribution in [3.63, 3.8) is 0 Å². The Morgan fingerprint density at radius 3 is 2.93 bits per heavy atom. The minimum Gasteiger partial charge on any atom is -0.449 e. The molecule has 72 valence electrons. The number of nitrogen functional groups attached to an aromatic ring is 1. The van der Waals surface area contributed by atoms with Gasteiger partial charge in [-0.3, -0.25) is 0 Å². The predicted octanol–water partition coefficient (Wildman–Crippen LogP) is 2.06. The van der Waals surface area contributed by atoms with Gasteiger partial charge in [0.1, 0.15) is 5.58 Å². The number of rotatable bonds is 1. The molecule has 0 saturated heterocycles. The van der Waals surface area contributed by atoms with Crippen LogP contribution in [0.1, 0.15) is 10.6 Å². The molecule has 0 atom stereocenters. The molecule has 0 fully saturated rings. The molecule has 0 bridgehead atoms. The molecule has 2 rings (SSSR count). The molecule has 14 heavy (non-hydrogen) atoms. The Balaban J connectivity index is 2.56. The van der Waals surface area contributed by atoms with Gasteiger partial charge in [0.05, 0.1) is 0 Å². The third-order valence-corrected chi connectivity index (χ3v) is 1.81. The Morgan fingerprint density at radius 1 is 1.43 bits per heavy atom. The lowest BCUT2D eigenvalue weighted by molar-refractivity contribution is -0.0810. The molecule has 1 aromatic carbocycles. The topological polar surface area (TPSA) is 65.5 Å². The summed E-state index contributed by atoms with van der Waals surface area (Å²) in [5.41, 5.74) is 6.51. The van der Waals surface area contributed by atoms with Crippen LogP contribution in [0.25, 0.3) is 11.0 Å². The van der Waals surface area contributed by atoms with Crippen LogP contribution in [-0.4, -0.2) is 5.97 Å². The number of carbonyl (C=O) groups is 1. The highest BCUT2D eigenvalue weighted by molar-refractivity contribution is 5.93. The van der Waals surface area contributed by atoms with Crippen LogP contribution < -0.4 is 5.73 Å². The van der Waals surface area contributed by atoms with Crippen molar-refractivity contribution in [1.29, 1.82) is 0 Å². The smallest absolute Gasteiger partial charge is 0.414 e. The number of benzene rings is 1. The lowest BCUT2D eigenvalue weighted by atomic mass is 10.2. The highest BCUT2D eigenvalue weighted by Gasteiger charge is 2.14. The highest BCUT2D eigenvalue weighted by atomic mass is 19.3. The predicted molar refractivity (Wildman–Crippen MR) is 47.1 cm³/mol. The number of furan rings is 1. The Morgan fingerprint density at radius 2 is 2.21 bits per heavy atom. The first-order valence-corrected chi connectivity index (χ1v) is 3.82. The van der Waals surface area contributed by atoms with E-state index in [4.69, 9.17) is 10.2 Å². The summed E-state index contributed by atoms with van der Waals surface area (Å²) in [6, 6.07) is 6.21. The van der Waals surface area contributed by atoms with Crippen molar-refractivity contribution in [2.24, 2.45) is 0 Å². The Hall–Kier alpha value is -2.04. The van der Waals surface area contributed by atoms with Gasteiger partial charge in [-0.05, 0) is 24.3 Å². The molecule has 0 aliphatic carbocycles. The zero-order valence-electron chi connectivity index (χ0n) is 6.99. The lowest BCUT2D eigenvalue weighted by Gasteiger charge is -1.89. The van der Waals surface area contributed by atoms with Gasteiger partial charge in [-0.1, -0.05) is 0 Å². The maximum atomic E-state index is 11.5. The SMILES string of the molecule is Nc1ccc2oc(C(=O)OF)cc2c1. The van der Waals surface area contributed by atoms with E-state index in [1.807, 2.05) is 0 Å². The third kappa shape index (κ3) is 1.28. The van der Waals surface area contributed by atoms with Gasteiger partial charge in [0, 0.05) is 15.6 Å². The second-order valence-electron chi connectivity index (χ2n) is 2.77. The number of fused-ring (bicyclic) bond motifs is 1. The monoisotopic (exact) mass is 195 g/mol. The molecule has 0 spiro atoms. The standard InChI is InChI=1S/C9H6FNO3/c10-14-9(12)8-4-5-3-6(11)1-2-7(5)13-8/h1-4H,11H2. The fourth-order valence-corrected chi connectivity index (χ4v) is 1.20. The number of carbonyl (C=O) groups excluding carboxylic acids is 1. The third-order valence-electron chi connectivity index (χ3n) is 1.81. The summed E-state index contributed by atoms with van der Waals surface area (Å²) >= 11 is 0. The summed E-state index contributed by atoms with van der Waals surface area (Å²) < 4.78 is 16.6. The normalized spacial score (nSPS) is 10.4. The van der Waals surface area contributed by atoms with Gasteiger partial charge in [-0.25, -0.2) is 9.74 Å². The fraction of sp³-hybridized carbons (Fsp3) is 0. The number of nitrogens with two attached hydrogens (primary N) is 1. The summed E-state index contributed by atoms with van der Waals surface area (Å²) in [5.74, 6) is -1.34. The number of hydrogen-bond donors (Lipinski definition) is 1. The van der Waals surface area contributed by atoms with E-state index in [9.17, 15) is 9.32 Å². The Bertz CT molecular complexity index is 492. The van der Waals surface area contributed by atoms with Gasteiger partial charge in [-0.2, -0.15) is 0 Å². The Kier molecular flexibility index (Phi) is 1.85. The van der Waals surface area contributed by atoms with Gasteiger partial charge in [0.15, 0.2) is 0 Å². The lowest BCUT2D eigenvalue weighted by Crippen LogP contribution is -1.94. The molecule has 0 radical (unpaired) electrons. The van der Waals surface area contributed by atoms with Gasteiger partial charge in [0.2, 0.25) is 5.76 Å². The van der Waals surface area contributed by atoms with Gasteiger partial charge < -0.3 is 10.2 Å². The number of anilines is 1. The summed E-state index contributed by atoms with van der Waals surface area (Å²) in [6.45, 7) is 0. The molecule has 0 amide bonds. The van der Waals surface area contributed by atoms with E-state index in [2.05, 4.69) is 4.94 Å². The van der Waals surface area contributed by atoms with Crippen LogP contribution in [0.15, 0.2) is 28.7 Å². The molecular weight excluding hydrogens is 189 g/mol. The van der Waals surface area contributed by atoms with Crippen LogP contribution in [0.5, 0.6) is 0 Å². The summed E-state index contributed by atoms with van der Waals surface area (Å²) in [7, 11) is 0. The van der Waals surface area contributed by atoms with E-state index in [-0.39, 0.29) is 5.76 Å². The minimum absolute atomic E-state index is 0.187. The van der Waals surface area contributed by atoms with Gasteiger partial charge in [-0.15, -0.1) is 0 Å². The van der Waals surface area contributed by atoms with Crippen LogP contribution in [0, 0.1) is 0 Å². The zero-order valence-corrected chi connectivity index (χ0v) is 6.99. The van der Waals surface area contributed by atoms with Crippen molar-refractivity contribution >= 4 is 22.6 Å². The molecule has 1 heterocycles. The van der Waals surface area contributed by atoms with Crippen molar-refractivity contribution in [2.45, 2.75) is 0 Å².